The van der Waals surface area contributed by atoms with Gasteiger partial charge in [-0.2, -0.15) is 0 Å². The third-order valence-corrected chi connectivity index (χ3v) is 7.02. The van der Waals surface area contributed by atoms with Crippen molar-refractivity contribution < 1.29 is 4.79 Å². The number of hydrogen-bond acceptors (Lipinski definition) is 6. The summed E-state index contributed by atoms with van der Waals surface area (Å²) in [6, 6.07) is 6.28. The number of anilines is 1. The third-order valence-electron chi connectivity index (χ3n) is 7.02. The number of fused-ring (bicyclic) bond motifs is 3. The summed E-state index contributed by atoms with van der Waals surface area (Å²) in [5.74, 6) is 2.11. The van der Waals surface area contributed by atoms with Crippen LogP contribution in [0.1, 0.15) is 43.1 Å². The topological polar surface area (TPSA) is 103 Å². The Labute approximate surface area is 191 Å². The molecule has 0 aromatic carbocycles. The van der Waals surface area contributed by atoms with E-state index in [0.29, 0.717) is 11.7 Å². The van der Waals surface area contributed by atoms with Crippen LogP contribution in [0.5, 0.6) is 0 Å². The minimum Gasteiger partial charge on any atom is -0.383 e. The molecule has 0 bridgehead atoms. The average molecular weight is 442 g/mol. The van der Waals surface area contributed by atoms with Gasteiger partial charge in [0.25, 0.3) is 0 Å². The molecule has 2 aliphatic rings. The summed E-state index contributed by atoms with van der Waals surface area (Å²) in [6.45, 7) is 5.60. The van der Waals surface area contributed by atoms with Crippen molar-refractivity contribution in [2.45, 2.75) is 45.6 Å². The Balaban J connectivity index is 1.41. The van der Waals surface area contributed by atoms with E-state index in [0.717, 1.165) is 83.5 Å². The minimum absolute atomic E-state index is 0.279. The number of piperidine rings is 1. The predicted octanol–water partition coefficient (Wildman–Crippen LogP) is 3.81. The molecule has 2 fully saturated rings. The Kier molecular flexibility index (Phi) is 4.57. The van der Waals surface area contributed by atoms with Crippen molar-refractivity contribution in [2.24, 2.45) is 5.92 Å². The number of carbonyl (C=O) groups is 1. The maximum Gasteiger partial charge on any atom is 0.225 e. The van der Waals surface area contributed by atoms with Gasteiger partial charge in [-0.05, 0) is 63.3 Å². The van der Waals surface area contributed by atoms with Gasteiger partial charge in [0.15, 0.2) is 0 Å². The molecule has 1 amide bonds. The second-order valence-electron chi connectivity index (χ2n) is 9.34. The molecule has 4 aromatic heterocycles. The molecule has 1 aliphatic carbocycles. The molecule has 8 nitrogen and oxygen atoms in total. The van der Waals surface area contributed by atoms with E-state index in [-0.39, 0.29) is 12.0 Å². The number of aryl methyl sites for hydroxylation is 2. The maximum absolute atomic E-state index is 12.5. The second-order valence-corrected chi connectivity index (χ2v) is 9.34. The molecule has 2 N–H and O–H groups in total. The monoisotopic (exact) mass is 441 g/mol. The van der Waals surface area contributed by atoms with Crippen LogP contribution in [0.2, 0.25) is 0 Å². The summed E-state index contributed by atoms with van der Waals surface area (Å²) in [5, 5.41) is 0. The molecule has 0 unspecified atom stereocenters. The third kappa shape index (κ3) is 3.41. The molecule has 0 radical (unpaired) electrons. The Morgan fingerprint density at radius 2 is 1.79 bits per heavy atom. The summed E-state index contributed by atoms with van der Waals surface area (Å²) < 4.78 is 2.32. The number of aromatic nitrogens is 5. The van der Waals surface area contributed by atoms with Gasteiger partial charge in [-0.15, -0.1) is 0 Å². The summed E-state index contributed by atoms with van der Waals surface area (Å²) in [4.78, 5) is 33.3. The molecule has 6 rings (SSSR count). The first-order chi connectivity index (χ1) is 16.0. The number of imidazole rings is 1. The molecule has 33 heavy (non-hydrogen) atoms. The van der Waals surface area contributed by atoms with Gasteiger partial charge in [-0.3, -0.25) is 9.78 Å². The fourth-order valence-electron chi connectivity index (χ4n) is 5.02. The fourth-order valence-corrected chi connectivity index (χ4v) is 5.02. The Hall–Kier alpha value is -3.55. The fraction of sp³-hybridized carbons (Fsp3) is 0.400. The smallest absolute Gasteiger partial charge is 0.225 e. The van der Waals surface area contributed by atoms with Crippen LogP contribution < -0.4 is 5.73 Å². The van der Waals surface area contributed by atoms with Crippen LogP contribution in [0.25, 0.3) is 33.3 Å². The lowest BCUT2D eigenvalue weighted by Crippen LogP contribution is -2.40. The average Bonchev–Trinajstić information content (AvgIpc) is 3.62. The van der Waals surface area contributed by atoms with Crippen LogP contribution in [-0.4, -0.2) is 48.4 Å². The number of nitrogens with zero attached hydrogens (tertiary/aromatic N) is 6. The molecule has 168 valence electrons. The number of nitrogens with two attached hydrogens (primary N) is 1. The van der Waals surface area contributed by atoms with E-state index >= 15 is 0 Å². The Bertz CT molecular complexity index is 1400. The quantitative estimate of drug-likeness (QED) is 0.519. The molecule has 0 atom stereocenters. The van der Waals surface area contributed by atoms with E-state index in [9.17, 15) is 4.79 Å². The van der Waals surface area contributed by atoms with Crippen molar-refractivity contribution in [1.29, 1.82) is 0 Å². The molecule has 1 aliphatic heterocycles. The first-order valence-electron chi connectivity index (χ1n) is 11.6. The molecule has 5 heterocycles. The van der Waals surface area contributed by atoms with Crippen molar-refractivity contribution in [3.63, 3.8) is 0 Å². The van der Waals surface area contributed by atoms with Gasteiger partial charge in [0.05, 0.1) is 22.9 Å². The van der Waals surface area contributed by atoms with E-state index in [4.69, 9.17) is 15.7 Å². The van der Waals surface area contributed by atoms with Gasteiger partial charge in [-0.1, -0.05) is 0 Å². The lowest BCUT2D eigenvalue weighted by molar-refractivity contribution is -0.133. The summed E-state index contributed by atoms with van der Waals surface area (Å²) in [5.41, 5.74) is 12.2. The van der Waals surface area contributed by atoms with Crippen molar-refractivity contribution in [2.75, 3.05) is 18.8 Å². The van der Waals surface area contributed by atoms with Gasteiger partial charge in [-0.25, -0.2) is 15.0 Å². The predicted molar refractivity (Wildman–Crippen MR) is 128 cm³/mol. The Morgan fingerprint density at radius 1 is 1.00 bits per heavy atom. The van der Waals surface area contributed by atoms with Crippen molar-refractivity contribution in [1.82, 2.24) is 29.4 Å². The van der Waals surface area contributed by atoms with Crippen LogP contribution in [0.3, 0.4) is 0 Å². The van der Waals surface area contributed by atoms with Crippen molar-refractivity contribution in [3.05, 3.63) is 42.0 Å². The van der Waals surface area contributed by atoms with Crippen molar-refractivity contribution >= 4 is 33.8 Å². The van der Waals surface area contributed by atoms with Gasteiger partial charge in [0, 0.05) is 36.8 Å². The zero-order valence-corrected chi connectivity index (χ0v) is 19.0. The van der Waals surface area contributed by atoms with E-state index < -0.39 is 0 Å². The number of rotatable bonds is 3. The van der Waals surface area contributed by atoms with Gasteiger partial charge in [0.2, 0.25) is 5.91 Å². The van der Waals surface area contributed by atoms with E-state index in [1.54, 1.807) is 6.20 Å². The highest BCUT2D eigenvalue weighted by atomic mass is 16.2. The SMILES string of the molecule is Cc1cc(-c2ccc3ncc4nc(C)n(C5CCN(C(=O)C6CC6)CC5)c4c3n2)cnc1N. The molecule has 1 saturated heterocycles. The number of carbonyl (C=O) groups excluding carboxylic acids is 1. The van der Waals surface area contributed by atoms with E-state index in [2.05, 4.69) is 19.4 Å². The first kappa shape index (κ1) is 20.1. The van der Waals surface area contributed by atoms with Gasteiger partial charge in [0.1, 0.15) is 22.7 Å². The first-order valence-corrected chi connectivity index (χ1v) is 11.6. The largest absolute Gasteiger partial charge is 0.383 e. The Morgan fingerprint density at radius 3 is 2.52 bits per heavy atom. The number of hydrogen-bond donors (Lipinski definition) is 1. The van der Waals surface area contributed by atoms with Crippen molar-refractivity contribution in [3.8, 4) is 11.3 Å². The maximum atomic E-state index is 12.5. The molecule has 4 aromatic rings. The zero-order valence-electron chi connectivity index (χ0n) is 19.0. The summed E-state index contributed by atoms with van der Waals surface area (Å²) >= 11 is 0. The highest BCUT2D eigenvalue weighted by Crippen LogP contribution is 2.35. The second kappa shape index (κ2) is 7.50. The highest BCUT2D eigenvalue weighted by molar-refractivity contribution is 6.00. The molecule has 8 heteroatoms. The molecule has 0 spiro atoms. The summed E-state index contributed by atoms with van der Waals surface area (Å²) in [6.07, 6.45) is 7.56. The number of nitrogen functional groups attached to an aromatic ring is 1. The zero-order chi connectivity index (χ0) is 22.7. The summed E-state index contributed by atoms with van der Waals surface area (Å²) in [7, 11) is 0. The standard InChI is InChI=1S/C25H27N7O/c1-14-11-17(12-28-24(14)26)19-5-6-20-22(30-19)23-21(13-27-20)29-15(2)32(23)18-7-9-31(10-8-18)25(33)16-3-4-16/h5-6,11-13,16,18H,3-4,7-10H2,1-2H3,(H2,26,28). The van der Waals surface area contributed by atoms with Gasteiger partial charge >= 0.3 is 0 Å². The minimum atomic E-state index is 0.279. The molecular formula is C25H27N7O. The molecule has 1 saturated carbocycles. The number of pyridine rings is 3. The highest BCUT2D eigenvalue weighted by Gasteiger charge is 2.35. The number of amides is 1. The normalized spacial score (nSPS) is 17.2. The number of likely N-dealkylation sites (tertiary alicyclic amines) is 1. The van der Waals surface area contributed by atoms with Crippen LogP contribution in [0.4, 0.5) is 5.82 Å². The van der Waals surface area contributed by atoms with Crippen LogP contribution in [0.15, 0.2) is 30.6 Å². The molecular weight excluding hydrogens is 414 g/mol. The van der Waals surface area contributed by atoms with Gasteiger partial charge < -0.3 is 15.2 Å². The van der Waals surface area contributed by atoms with E-state index in [1.807, 2.05) is 38.2 Å². The lowest BCUT2D eigenvalue weighted by atomic mass is 10.0. The van der Waals surface area contributed by atoms with E-state index in [1.165, 1.54) is 0 Å². The van der Waals surface area contributed by atoms with Crippen LogP contribution in [-0.2, 0) is 4.79 Å². The lowest BCUT2D eigenvalue weighted by Gasteiger charge is -2.33. The van der Waals surface area contributed by atoms with Crippen LogP contribution in [0, 0.1) is 19.8 Å². The van der Waals surface area contributed by atoms with Crippen LogP contribution >= 0.6 is 0 Å².